The number of nitrogens with one attached hydrogen (secondary N) is 2. The normalized spacial score (nSPS) is 20.9. The van der Waals surface area contributed by atoms with Crippen molar-refractivity contribution in [3.05, 3.63) is 95.0 Å². The first-order valence-electron chi connectivity index (χ1n) is 11.1. The Balaban J connectivity index is 1.46. The molecule has 0 radical (unpaired) electrons. The second-order valence-corrected chi connectivity index (χ2v) is 9.81. The van der Waals surface area contributed by atoms with Crippen molar-refractivity contribution in [2.45, 2.75) is 28.6 Å². The van der Waals surface area contributed by atoms with Crippen LogP contribution in [-0.4, -0.2) is 41.3 Å². The standard InChI is InChI=1S/C26H24ClN3O3S/c27-21-11-4-5-12-22(21)34-24-25(31)29-30(26(24)32)23(17-7-2-1-3-8-17)18-9-6-10-19(15-18)28-20-13-14-33-16-20/h1-12,15,20,23-24,28H,13-14,16H2,(H,29,31)/t20-,23?,24?/m0/s1. The van der Waals surface area contributed by atoms with Crippen LogP contribution in [0.4, 0.5) is 5.69 Å². The smallest absolute Gasteiger partial charge is 0.265 e. The van der Waals surface area contributed by atoms with Gasteiger partial charge in [-0.3, -0.25) is 15.0 Å². The van der Waals surface area contributed by atoms with Crippen LogP contribution >= 0.6 is 23.4 Å². The molecule has 3 atom stereocenters. The first-order chi connectivity index (χ1) is 16.6. The van der Waals surface area contributed by atoms with E-state index >= 15 is 0 Å². The average molecular weight is 494 g/mol. The fourth-order valence-corrected chi connectivity index (χ4v) is 5.48. The minimum atomic E-state index is -0.914. The third kappa shape index (κ3) is 4.78. The molecular weight excluding hydrogens is 470 g/mol. The molecule has 8 heteroatoms. The number of carbonyl (C=O) groups excluding carboxylic acids is 2. The Morgan fingerprint density at radius 3 is 2.53 bits per heavy atom. The van der Waals surface area contributed by atoms with Gasteiger partial charge in [0.25, 0.3) is 11.8 Å². The molecule has 2 saturated heterocycles. The maximum Gasteiger partial charge on any atom is 0.265 e. The summed E-state index contributed by atoms with van der Waals surface area (Å²) in [5, 5.41) is 4.56. The van der Waals surface area contributed by atoms with Crippen molar-refractivity contribution in [1.82, 2.24) is 10.4 Å². The molecule has 2 heterocycles. The molecule has 174 valence electrons. The molecule has 0 aromatic heterocycles. The number of hydrogen-bond acceptors (Lipinski definition) is 5. The number of thioether (sulfide) groups is 1. The Morgan fingerprint density at radius 2 is 1.76 bits per heavy atom. The lowest BCUT2D eigenvalue weighted by molar-refractivity contribution is -0.131. The van der Waals surface area contributed by atoms with Gasteiger partial charge in [-0.25, -0.2) is 5.01 Å². The fraction of sp³-hybridized carbons (Fsp3) is 0.231. The molecule has 0 bridgehead atoms. The van der Waals surface area contributed by atoms with E-state index < -0.39 is 11.3 Å². The number of amides is 2. The van der Waals surface area contributed by atoms with Crippen LogP contribution in [0.3, 0.4) is 0 Å². The van der Waals surface area contributed by atoms with Gasteiger partial charge < -0.3 is 10.1 Å². The molecule has 3 aromatic carbocycles. The Labute approximate surface area is 207 Å². The van der Waals surface area contributed by atoms with Crippen LogP contribution in [0, 0.1) is 0 Å². The zero-order valence-corrected chi connectivity index (χ0v) is 19.9. The highest BCUT2D eigenvalue weighted by molar-refractivity contribution is 8.01. The van der Waals surface area contributed by atoms with Crippen LogP contribution in [0.2, 0.25) is 5.02 Å². The summed E-state index contributed by atoms with van der Waals surface area (Å²) in [4.78, 5) is 27.1. The first-order valence-corrected chi connectivity index (χ1v) is 12.4. The van der Waals surface area contributed by atoms with Gasteiger partial charge in [-0.1, -0.05) is 66.2 Å². The summed E-state index contributed by atoms with van der Waals surface area (Å²) in [7, 11) is 0. The van der Waals surface area contributed by atoms with Gasteiger partial charge in [0.05, 0.1) is 17.7 Å². The van der Waals surface area contributed by atoms with Crippen LogP contribution in [-0.2, 0) is 14.3 Å². The van der Waals surface area contributed by atoms with Crippen molar-refractivity contribution >= 4 is 40.9 Å². The highest BCUT2D eigenvalue weighted by Crippen LogP contribution is 2.37. The molecule has 0 saturated carbocycles. The maximum absolute atomic E-state index is 13.5. The molecule has 2 amide bonds. The fourth-order valence-electron chi connectivity index (χ4n) is 4.24. The molecule has 2 aliphatic rings. The summed E-state index contributed by atoms with van der Waals surface area (Å²) in [5.41, 5.74) is 5.58. The van der Waals surface area contributed by atoms with E-state index in [1.807, 2.05) is 72.8 Å². The van der Waals surface area contributed by atoms with Crippen LogP contribution in [0.25, 0.3) is 0 Å². The number of carbonyl (C=O) groups is 2. The number of rotatable bonds is 7. The number of ether oxygens (including phenoxy) is 1. The second kappa shape index (κ2) is 10.1. The molecule has 0 aliphatic carbocycles. The quantitative estimate of drug-likeness (QED) is 0.468. The molecule has 2 N–H and O–H groups in total. The highest BCUT2D eigenvalue weighted by atomic mass is 35.5. The van der Waals surface area contributed by atoms with Crippen molar-refractivity contribution in [3.8, 4) is 0 Å². The van der Waals surface area contributed by atoms with Crippen molar-refractivity contribution < 1.29 is 14.3 Å². The lowest BCUT2D eigenvalue weighted by Gasteiger charge is -2.28. The number of hydrazine groups is 1. The van der Waals surface area contributed by atoms with Gasteiger partial charge >= 0.3 is 0 Å². The van der Waals surface area contributed by atoms with Gasteiger partial charge in [-0.2, -0.15) is 0 Å². The van der Waals surface area contributed by atoms with Gasteiger partial charge in [0, 0.05) is 17.2 Å². The third-order valence-corrected chi connectivity index (χ3v) is 7.59. The van der Waals surface area contributed by atoms with Crippen LogP contribution < -0.4 is 10.7 Å². The Hall–Kier alpha value is -3.00. The van der Waals surface area contributed by atoms with E-state index in [2.05, 4.69) is 10.7 Å². The molecule has 5 rings (SSSR count). The third-order valence-electron chi connectivity index (χ3n) is 5.89. The number of benzene rings is 3. The second-order valence-electron chi connectivity index (χ2n) is 8.26. The van der Waals surface area contributed by atoms with Gasteiger partial charge in [-0.15, -0.1) is 11.8 Å². The number of hydrogen-bond donors (Lipinski definition) is 2. The van der Waals surface area contributed by atoms with Gasteiger partial charge in [0.1, 0.15) is 6.04 Å². The summed E-state index contributed by atoms with van der Waals surface area (Å²) in [5.74, 6) is -0.653. The Kier molecular flexibility index (Phi) is 6.76. The summed E-state index contributed by atoms with van der Waals surface area (Å²) in [6.45, 7) is 1.43. The van der Waals surface area contributed by atoms with Crippen LogP contribution in [0.1, 0.15) is 23.6 Å². The minimum Gasteiger partial charge on any atom is -0.380 e. The zero-order valence-electron chi connectivity index (χ0n) is 18.3. The predicted octanol–water partition coefficient (Wildman–Crippen LogP) is 4.66. The van der Waals surface area contributed by atoms with E-state index in [0.29, 0.717) is 16.5 Å². The maximum atomic E-state index is 13.5. The number of halogens is 1. The van der Waals surface area contributed by atoms with Crippen LogP contribution in [0.15, 0.2) is 83.8 Å². The minimum absolute atomic E-state index is 0.259. The molecule has 6 nitrogen and oxygen atoms in total. The number of nitrogens with zero attached hydrogens (tertiary/aromatic N) is 1. The highest BCUT2D eigenvalue weighted by Gasteiger charge is 2.44. The van der Waals surface area contributed by atoms with Gasteiger partial charge in [-0.05, 0) is 41.8 Å². The van der Waals surface area contributed by atoms with Crippen molar-refractivity contribution in [3.63, 3.8) is 0 Å². The lowest BCUT2D eigenvalue weighted by Crippen LogP contribution is -2.40. The van der Waals surface area contributed by atoms with Gasteiger partial charge in [0.15, 0.2) is 5.25 Å². The van der Waals surface area contributed by atoms with E-state index in [1.165, 1.54) is 16.8 Å². The molecule has 0 spiro atoms. The monoisotopic (exact) mass is 493 g/mol. The lowest BCUT2D eigenvalue weighted by atomic mass is 9.97. The SMILES string of the molecule is O=C1NN(C(c2ccccc2)c2cccc(N[C@H]3CCOC3)c2)C(=O)C1Sc1ccccc1Cl. The average Bonchev–Trinajstić information content (AvgIpc) is 3.45. The van der Waals surface area contributed by atoms with Gasteiger partial charge in [0.2, 0.25) is 0 Å². The molecule has 2 unspecified atom stereocenters. The van der Waals surface area contributed by atoms with Crippen molar-refractivity contribution in [2.75, 3.05) is 18.5 Å². The van der Waals surface area contributed by atoms with E-state index in [-0.39, 0.29) is 17.9 Å². The predicted molar refractivity (Wildman–Crippen MR) is 134 cm³/mol. The van der Waals surface area contributed by atoms with Crippen molar-refractivity contribution in [1.29, 1.82) is 0 Å². The number of anilines is 1. The van der Waals surface area contributed by atoms with E-state index in [9.17, 15) is 9.59 Å². The van der Waals surface area contributed by atoms with E-state index in [0.717, 1.165) is 29.8 Å². The van der Waals surface area contributed by atoms with Crippen molar-refractivity contribution in [2.24, 2.45) is 0 Å². The molecule has 3 aromatic rings. The summed E-state index contributed by atoms with van der Waals surface area (Å²) >= 11 is 7.45. The van der Waals surface area contributed by atoms with E-state index in [1.54, 1.807) is 6.07 Å². The molecular formula is C26H24ClN3O3S. The van der Waals surface area contributed by atoms with E-state index in [4.69, 9.17) is 16.3 Å². The summed E-state index contributed by atoms with van der Waals surface area (Å²) in [6.07, 6.45) is 0.952. The molecule has 34 heavy (non-hydrogen) atoms. The zero-order chi connectivity index (χ0) is 23.5. The largest absolute Gasteiger partial charge is 0.380 e. The molecule has 2 fully saturated rings. The molecule has 2 aliphatic heterocycles. The Bertz CT molecular complexity index is 1190. The Morgan fingerprint density at radius 1 is 1.00 bits per heavy atom. The van der Waals surface area contributed by atoms with Crippen LogP contribution in [0.5, 0.6) is 0 Å². The first kappa shape index (κ1) is 22.8. The summed E-state index contributed by atoms with van der Waals surface area (Å²) < 4.78 is 5.48. The summed E-state index contributed by atoms with van der Waals surface area (Å²) in [6, 6.07) is 24.7. The topological polar surface area (TPSA) is 70.7 Å².